The topological polar surface area (TPSA) is 81.6 Å². The molecule has 1 aliphatic carbocycles. The van der Waals surface area contributed by atoms with E-state index in [9.17, 15) is 15.0 Å². The van der Waals surface area contributed by atoms with E-state index in [2.05, 4.69) is 10.6 Å². The van der Waals surface area contributed by atoms with Gasteiger partial charge in [-0.15, -0.1) is 0 Å². The van der Waals surface area contributed by atoms with Crippen LogP contribution in [0.3, 0.4) is 0 Å². The molecule has 0 bridgehead atoms. The molecule has 1 aromatic rings. The minimum absolute atomic E-state index is 0.114. The Morgan fingerprint density at radius 3 is 2.50 bits per heavy atom. The second-order valence-electron chi connectivity index (χ2n) is 8.63. The standard InChI is InChI=1S/C23H36N2O3/c26-16-21(22(27)19-9-5-2-6-10-19)25-23(28)20-15-18(13-14-24-20)12-11-17-7-3-1-4-8-17/h2,5-6,9-10,17-18,20-22,24,26-27H,1,3-4,7-8,11-16H2,(H,25,28)/t18-,20?,21-,22-/m1/s1. The van der Waals surface area contributed by atoms with E-state index in [1.165, 1.54) is 44.9 Å². The van der Waals surface area contributed by atoms with Crippen LogP contribution < -0.4 is 10.6 Å². The van der Waals surface area contributed by atoms with Crippen molar-refractivity contribution in [3.8, 4) is 0 Å². The van der Waals surface area contributed by atoms with E-state index in [1.807, 2.05) is 18.2 Å². The average molecular weight is 389 g/mol. The van der Waals surface area contributed by atoms with Crippen LogP contribution in [0.4, 0.5) is 0 Å². The normalized spacial score (nSPS) is 25.8. The molecule has 156 valence electrons. The lowest BCUT2D eigenvalue weighted by Crippen LogP contribution is -2.53. The third kappa shape index (κ3) is 6.03. The number of rotatable bonds is 8. The van der Waals surface area contributed by atoms with Gasteiger partial charge in [0, 0.05) is 0 Å². The Bertz CT molecular complexity index is 589. The molecule has 0 aromatic heterocycles. The van der Waals surface area contributed by atoms with Crippen LogP contribution in [-0.4, -0.2) is 41.4 Å². The zero-order chi connectivity index (χ0) is 19.8. The highest BCUT2D eigenvalue weighted by atomic mass is 16.3. The van der Waals surface area contributed by atoms with E-state index in [4.69, 9.17) is 0 Å². The molecule has 2 fully saturated rings. The second-order valence-corrected chi connectivity index (χ2v) is 8.63. The summed E-state index contributed by atoms with van der Waals surface area (Å²) in [4.78, 5) is 12.8. The maximum Gasteiger partial charge on any atom is 0.237 e. The van der Waals surface area contributed by atoms with Crippen molar-refractivity contribution in [3.63, 3.8) is 0 Å². The SMILES string of the molecule is O=C(N[C@H](CO)[C@H](O)c1ccccc1)C1C[C@H](CCC2CCCCC2)CCN1. The minimum atomic E-state index is -0.916. The van der Waals surface area contributed by atoms with Gasteiger partial charge in [-0.25, -0.2) is 0 Å². The molecular weight excluding hydrogens is 352 g/mol. The number of piperidine rings is 1. The number of aliphatic hydroxyl groups is 2. The number of aliphatic hydroxyl groups excluding tert-OH is 2. The van der Waals surface area contributed by atoms with Gasteiger partial charge in [-0.2, -0.15) is 0 Å². The maximum absolute atomic E-state index is 12.8. The van der Waals surface area contributed by atoms with Crippen LogP contribution in [0.5, 0.6) is 0 Å². The van der Waals surface area contributed by atoms with Crippen molar-refractivity contribution in [3.05, 3.63) is 35.9 Å². The van der Waals surface area contributed by atoms with E-state index in [0.717, 1.165) is 25.3 Å². The van der Waals surface area contributed by atoms with Gasteiger partial charge in [0.1, 0.15) is 6.10 Å². The van der Waals surface area contributed by atoms with Gasteiger partial charge in [0.25, 0.3) is 0 Å². The Labute approximate surface area is 168 Å². The molecule has 0 spiro atoms. The Hall–Kier alpha value is -1.43. The molecule has 0 radical (unpaired) electrons. The first-order valence-corrected chi connectivity index (χ1v) is 11.0. The molecule has 1 aliphatic heterocycles. The number of hydrogen-bond donors (Lipinski definition) is 4. The van der Waals surface area contributed by atoms with E-state index < -0.39 is 12.1 Å². The average Bonchev–Trinajstić information content (AvgIpc) is 2.77. The monoisotopic (exact) mass is 388 g/mol. The van der Waals surface area contributed by atoms with Crippen LogP contribution in [0.25, 0.3) is 0 Å². The molecule has 1 amide bonds. The quantitative estimate of drug-likeness (QED) is 0.552. The highest BCUT2D eigenvalue weighted by Crippen LogP contribution is 2.31. The lowest BCUT2D eigenvalue weighted by molar-refractivity contribution is -0.126. The van der Waals surface area contributed by atoms with Crippen LogP contribution >= 0.6 is 0 Å². The minimum Gasteiger partial charge on any atom is -0.394 e. The zero-order valence-electron chi connectivity index (χ0n) is 16.9. The molecule has 1 heterocycles. The Balaban J connectivity index is 1.48. The molecule has 5 nitrogen and oxygen atoms in total. The van der Waals surface area contributed by atoms with E-state index in [1.54, 1.807) is 12.1 Å². The summed E-state index contributed by atoms with van der Waals surface area (Å²) in [6, 6.07) is 8.24. The first-order chi connectivity index (χ1) is 13.7. The van der Waals surface area contributed by atoms with Gasteiger partial charge in [-0.05, 0) is 36.8 Å². The van der Waals surface area contributed by atoms with Gasteiger partial charge >= 0.3 is 0 Å². The van der Waals surface area contributed by atoms with E-state index >= 15 is 0 Å². The fourth-order valence-corrected chi connectivity index (χ4v) is 4.80. The zero-order valence-corrected chi connectivity index (χ0v) is 16.9. The van der Waals surface area contributed by atoms with Gasteiger partial charge in [-0.3, -0.25) is 4.79 Å². The molecule has 28 heavy (non-hydrogen) atoms. The van der Waals surface area contributed by atoms with Crippen LogP contribution in [0.1, 0.15) is 69.5 Å². The van der Waals surface area contributed by atoms with Crippen molar-refractivity contribution in [1.29, 1.82) is 0 Å². The summed E-state index contributed by atoms with van der Waals surface area (Å²) in [7, 11) is 0. The lowest BCUT2D eigenvalue weighted by Gasteiger charge is -2.32. The third-order valence-corrected chi connectivity index (χ3v) is 6.58. The molecule has 4 atom stereocenters. The van der Waals surface area contributed by atoms with Crippen LogP contribution in [0.2, 0.25) is 0 Å². The number of carbonyl (C=O) groups excluding carboxylic acids is 1. The lowest BCUT2D eigenvalue weighted by atomic mass is 9.81. The molecule has 4 N–H and O–H groups in total. The first kappa shape index (κ1) is 21.3. The second kappa shape index (κ2) is 10.9. The largest absolute Gasteiger partial charge is 0.394 e. The number of nitrogens with one attached hydrogen (secondary N) is 2. The smallest absolute Gasteiger partial charge is 0.237 e. The highest BCUT2D eigenvalue weighted by Gasteiger charge is 2.30. The van der Waals surface area contributed by atoms with E-state index in [-0.39, 0.29) is 18.6 Å². The molecule has 1 saturated carbocycles. The first-order valence-electron chi connectivity index (χ1n) is 11.0. The molecule has 2 aliphatic rings. The molecular formula is C23H36N2O3. The van der Waals surface area contributed by atoms with Crippen molar-refractivity contribution < 1.29 is 15.0 Å². The summed E-state index contributed by atoms with van der Waals surface area (Å²) in [5.74, 6) is 1.36. The third-order valence-electron chi connectivity index (χ3n) is 6.58. The van der Waals surface area contributed by atoms with Crippen molar-refractivity contribution in [2.75, 3.05) is 13.2 Å². The van der Waals surface area contributed by atoms with Crippen molar-refractivity contribution >= 4 is 5.91 Å². The Morgan fingerprint density at radius 2 is 1.79 bits per heavy atom. The fraction of sp³-hybridized carbons (Fsp3) is 0.696. The van der Waals surface area contributed by atoms with Crippen LogP contribution in [0.15, 0.2) is 30.3 Å². The fourth-order valence-electron chi connectivity index (χ4n) is 4.80. The molecule has 1 aromatic carbocycles. The van der Waals surface area contributed by atoms with Gasteiger partial charge in [0.05, 0.1) is 18.7 Å². The summed E-state index contributed by atoms with van der Waals surface area (Å²) < 4.78 is 0. The predicted molar refractivity (Wildman–Crippen MR) is 111 cm³/mol. The van der Waals surface area contributed by atoms with Crippen molar-refractivity contribution in [2.24, 2.45) is 11.8 Å². The summed E-state index contributed by atoms with van der Waals surface area (Å²) in [5.41, 5.74) is 0.698. The van der Waals surface area contributed by atoms with E-state index in [0.29, 0.717) is 11.5 Å². The van der Waals surface area contributed by atoms with Crippen molar-refractivity contribution in [2.45, 2.75) is 76.0 Å². The summed E-state index contributed by atoms with van der Waals surface area (Å²) in [5, 5.41) is 26.4. The summed E-state index contributed by atoms with van der Waals surface area (Å²) in [6.07, 6.45) is 10.5. The Kier molecular flexibility index (Phi) is 8.31. The van der Waals surface area contributed by atoms with Gasteiger partial charge in [0.2, 0.25) is 5.91 Å². The molecule has 1 unspecified atom stereocenters. The van der Waals surface area contributed by atoms with Crippen molar-refractivity contribution in [1.82, 2.24) is 10.6 Å². The highest BCUT2D eigenvalue weighted by molar-refractivity contribution is 5.82. The van der Waals surface area contributed by atoms with Crippen LogP contribution in [-0.2, 0) is 4.79 Å². The summed E-state index contributed by atoms with van der Waals surface area (Å²) in [6.45, 7) is 0.568. The van der Waals surface area contributed by atoms with Gasteiger partial charge < -0.3 is 20.8 Å². The van der Waals surface area contributed by atoms with Gasteiger partial charge in [0.15, 0.2) is 0 Å². The number of amides is 1. The predicted octanol–water partition coefficient (Wildman–Crippen LogP) is 2.93. The molecule has 3 rings (SSSR count). The number of carbonyl (C=O) groups is 1. The van der Waals surface area contributed by atoms with Gasteiger partial charge in [-0.1, -0.05) is 75.3 Å². The maximum atomic E-state index is 12.8. The molecule has 5 heteroatoms. The number of hydrogen-bond acceptors (Lipinski definition) is 4. The van der Waals surface area contributed by atoms with Crippen LogP contribution in [0, 0.1) is 11.8 Å². The number of benzene rings is 1. The summed E-state index contributed by atoms with van der Waals surface area (Å²) >= 11 is 0. The molecule has 1 saturated heterocycles. The Morgan fingerprint density at radius 1 is 1.07 bits per heavy atom.